The van der Waals surface area contributed by atoms with Crippen LogP contribution in [0.4, 0.5) is 0 Å². The highest BCUT2D eigenvalue weighted by Crippen LogP contribution is 2.07. The molecule has 0 heterocycles. The summed E-state index contributed by atoms with van der Waals surface area (Å²) in [6.45, 7) is 7.69. The smallest absolute Gasteiger partial charge is 0.0689 e. The molecule has 3 nitrogen and oxygen atoms in total. The van der Waals surface area contributed by atoms with Gasteiger partial charge in [-0.1, -0.05) is 20.3 Å². The predicted octanol–water partition coefficient (Wildman–Crippen LogP) is 1.20. The minimum absolute atomic E-state index is 0.315. The molecule has 1 atom stereocenters. The highest BCUT2D eigenvalue weighted by Gasteiger charge is 2.05. The zero-order chi connectivity index (χ0) is 11.1. The van der Waals surface area contributed by atoms with Gasteiger partial charge < -0.3 is 15.2 Å². The number of carboxylic acid groups (broad SMARTS) is 1. The number of hydrogen-bond acceptors (Lipinski definition) is 3. The van der Waals surface area contributed by atoms with E-state index in [-0.39, 0.29) is 0 Å². The molecule has 3 heteroatoms. The van der Waals surface area contributed by atoms with Gasteiger partial charge in [0, 0.05) is 11.7 Å². The van der Waals surface area contributed by atoms with E-state index in [1.165, 1.54) is 0 Å². The summed E-state index contributed by atoms with van der Waals surface area (Å²) in [5.41, 5.74) is 1.10. The molecular weight excluding hydrogens is 178 g/mol. The lowest BCUT2D eigenvalue weighted by Gasteiger charge is -2.19. The van der Waals surface area contributed by atoms with E-state index in [2.05, 4.69) is 19.2 Å². The standard InChI is InChI=1S/C11H21NO2/c1-5-7-8(3)12-10(6-2)9(4)11(13)14/h8,12H,5-7H2,1-4H3,(H,13,14)/p-1/b10-9+. The Labute approximate surface area is 86.2 Å². The molecule has 0 aromatic rings. The number of rotatable bonds is 6. The number of hydrogen-bond donors (Lipinski definition) is 1. The van der Waals surface area contributed by atoms with Gasteiger partial charge in [-0.25, -0.2) is 0 Å². The Morgan fingerprint density at radius 3 is 2.36 bits per heavy atom. The summed E-state index contributed by atoms with van der Waals surface area (Å²) in [6.07, 6.45) is 2.84. The maximum atomic E-state index is 10.6. The van der Waals surface area contributed by atoms with Crippen molar-refractivity contribution in [2.45, 2.75) is 53.0 Å². The van der Waals surface area contributed by atoms with Crippen LogP contribution in [0.2, 0.25) is 0 Å². The second-order valence-electron chi connectivity index (χ2n) is 3.58. The lowest BCUT2D eigenvalue weighted by Crippen LogP contribution is -2.31. The van der Waals surface area contributed by atoms with Crippen molar-refractivity contribution in [2.75, 3.05) is 0 Å². The van der Waals surface area contributed by atoms with Gasteiger partial charge in [0.15, 0.2) is 0 Å². The van der Waals surface area contributed by atoms with Gasteiger partial charge in [-0.2, -0.15) is 0 Å². The number of carbonyl (C=O) groups excluding carboxylic acids is 1. The van der Waals surface area contributed by atoms with Gasteiger partial charge in [0.25, 0.3) is 0 Å². The van der Waals surface area contributed by atoms with Crippen LogP contribution in [-0.2, 0) is 4.79 Å². The number of carboxylic acids is 1. The monoisotopic (exact) mass is 198 g/mol. The Bertz CT molecular complexity index is 221. The van der Waals surface area contributed by atoms with Gasteiger partial charge in [-0.3, -0.25) is 0 Å². The second-order valence-corrected chi connectivity index (χ2v) is 3.58. The molecule has 1 unspecified atom stereocenters. The third-order valence-electron chi connectivity index (χ3n) is 2.25. The van der Waals surface area contributed by atoms with Crippen LogP contribution >= 0.6 is 0 Å². The van der Waals surface area contributed by atoms with Gasteiger partial charge in [0.05, 0.1) is 5.97 Å². The fourth-order valence-electron chi connectivity index (χ4n) is 1.40. The largest absolute Gasteiger partial charge is 0.545 e. The van der Waals surface area contributed by atoms with E-state index in [0.29, 0.717) is 18.0 Å². The van der Waals surface area contributed by atoms with E-state index in [4.69, 9.17) is 0 Å². The van der Waals surface area contributed by atoms with Crippen molar-refractivity contribution in [1.82, 2.24) is 5.32 Å². The highest BCUT2D eigenvalue weighted by molar-refractivity contribution is 5.84. The van der Waals surface area contributed by atoms with Crippen molar-refractivity contribution in [3.63, 3.8) is 0 Å². The molecule has 0 aliphatic rings. The van der Waals surface area contributed by atoms with Crippen molar-refractivity contribution in [1.29, 1.82) is 0 Å². The summed E-state index contributed by atoms with van der Waals surface area (Å²) in [7, 11) is 0. The molecule has 0 saturated heterocycles. The summed E-state index contributed by atoms with van der Waals surface area (Å²) < 4.78 is 0. The Morgan fingerprint density at radius 2 is 2.00 bits per heavy atom. The summed E-state index contributed by atoms with van der Waals surface area (Å²) in [5.74, 6) is -1.09. The normalized spacial score (nSPS) is 14.6. The van der Waals surface area contributed by atoms with Crippen molar-refractivity contribution < 1.29 is 9.90 Å². The molecule has 0 fully saturated rings. The van der Waals surface area contributed by atoms with Crippen molar-refractivity contribution >= 4 is 5.97 Å². The number of carbonyl (C=O) groups is 1. The fraction of sp³-hybridized carbons (Fsp3) is 0.727. The first-order valence-electron chi connectivity index (χ1n) is 5.20. The summed E-state index contributed by atoms with van der Waals surface area (Å²) in [5, 5.41) is 13.8. The van der Waals surface area contributed by atoms with Crippen LogP contribution in [0.25, 0.3) is 0 Å². The molecule has 0 aliphatic heterocycles. The highest BCUT2D eigenvalue weighted by atomic mass is 16.4. The van der Waals surface area contributed by atoms with Crippen molar-refractivity contribution in [3.05, 3.63) is 11.3 Å². The minimum Gasteiger partial charge on any atom is -0.545 e. The van der Waals surface area contributed by atoms with Gasteiger partial charge >= 0.3 is 0 Å². The van der Waals surface area contributed by atoms with Gasteiger partial charge in [-0.15, -0.1) is 0 Å². The maximum absolute atomic E-state index is 10.6. The third kappa shape index (κ3) is 4.30. The number of aliphatic carboxylic acids is 1. The fourth-order valence-corrected chi connectivity index (χ4v) is 1.40. The molecule has 0 aromatic carbocycles. The third-order valence-corrected chi connectivity index (χ3v) is 2.25. The van der Waals surface area contributed by atoms with Crippen LogP contribution in [0.5, 0.6) is 0 Å². The second kappa shape index (κ2) is 6.46. The molecule has 0 aliphatic carbocycles. The molecule has 82 valence electrons. The molecule has 0 rings (SSSR count). The first-order valence-corrected chi connectivity index (χ1v) is 5.20. The van der Waals surface area contributed by atoms with E-state index in [1.54, 1.807) is 6.92 Å². The lowest BCUT2D eigenvalue weighted by atomic mass is 10.1. The van der Waals surface area contributed by atoms with Crippen LogP contribution in [0.1, 0.15) is 47.0 Å². The first kappa shape index (κ1) is 13.0. The van der Waals surface area contributed by atoms with E-state index >= 15 is 0 Å². The van der Waals surface area contributed by atoms with Gasteiger partial charge in [0.1, 0.15) is 0 Å². The number of allylic oxidation sites excluding steroid dienone is 1. The van der Waals surface area contributed by atoms with Crippen LogP contribution in [0.3, 0.4) is 0 Å². The Morgan fingerprint density at radius 1 is 1.43 bits per heavy atom. The predicted molar refractivity (Wildman–Crippen MR) is 55.5 cm³/mol. The molecule has 0 bridgehead atoms. The molecule has 0 amide bonds. The Hall–Kier alpha value is -0.990. The summed E-state index contributed by atoms with van der Waals surface area (Å²) in [6, 6.07) is 0.323. The zero-order valence-electron chi connectivity index (χ0n) is 9.52. The molecule has 0 radical (unpaired) electrons. The lowest BCUT2D eigenvalue weighted by molar-refractivity contribution is -0.299. The Kier molecular flexibility index (Phi) is 6.00. The number of nitrogens with one attached hydrogen (secondary N) is 1. The first-order chi connectivity index (χ1) is 6.52. The molecule has 0 aromatic heterocycles. The molecular formula is C11H20NO2-. The summed E-state index contributed by atoms with van der Waals surface area (Å²) >= 11 is 0. The maximum Gasteiger partial charge on any atom is 0.0689 e. The SMILES string of the molecule is CCCC(C)N/C(CC)=C(\C)C(=O)[O-]. The van der Waals surface area contributed by atoms with Crippen LogP contribution in [-0.4, -0.2) is 12.0 Å². The van der Waals surface area contributed by atoms with E-state index in [1.807, 2.05) is 6.92 Å². The van der Waals surface area contributed by atoms with Crippen LogP contribution < -0.4 is 10.4 Å². The molecule has 0 spiro atoms. The minimum atomic E-state index is -1.09. The average Bonchev–Trinajstić information content (AvgIpc) is 2.13. The van der Waals surface area contributed by atoms with Crippen LogP contribution in [0.15, 0.2) is 11.3 Å². The van der Waals surface area contributed by atoms with Gasteiger partial charge in [-0.05, 0) is 32.3 Å². The quantitative estimate of drug-likeness (QED) is 0.652. The van der Waals surface area contributed by atoms with Crippen LogP contribution in [0, 0.1) is 0 Å². The molecule has 14 heavy (non-hydrogen) atoms. The van der Waals surface area contributed by atoms with Gasteiger partial charge in [0.2, 0.25) is 0 Å². The topological polar surface area (TPSA) is 52.2 Å². The van der Waals surface area contributed by atoms with Crippen molar-refractivity contribution in [2.24, 2.45) is 0 Å². The Balaban J connectivity index is 4.42. The molecule has 0 saturated carbocycles. The average molecular weight is 198 g/mol. The van der Waals surface area contributed by atoms with E-state index in [0.717, 1.165) is 18.5 Å². The summed E-state index contributed by atoms with van der Waals surface area (Å²) in [4.78, 5) is 10.6. The van der Waals surface area contributed by atoms with E-state index in [9.17, 15) is 9.90 Å². The zero-order valence-corrected chi connectivity index (χ0v) is 9.52. The molecule has 1 N–H and O–H groups in total. The van der Waals surface area contributed by atoms with Crippen molar-refractivity contribution in [3.8, 4) is 0 Å². The van der Waals surface area contributed by atoms with E-state index < -0.39 is 5.97 Å².